The molecular formula is C24H24F3N3O4. The minimum atomic E-state index is -4.58. The molecule has 1 fully saturated rings. The van der Waals surface area contributed by atoms with E-state index in [1.54, 1.807) is 12.1 Å². The molecule has 3 amide bonds. The predicted molar refractivity (Wildman–Crippen MR) is 117 cm³/mol. The molecule has 2 aromatic carbocycles. The molecular weight excluding hydrogens is 451 g/mol. The van der Waals surface area contributed by atoms with Gasteiger partial charge in [0.25, 0.3) is 11.8 Å². The van der Waals surface area contributed by atoms with Gasteiger partial charge in [-0.05, 0) is 43.2 Å². The molecule has 3 N–H and O–H groups in total. The van der Waals surface area contributed by atoms with Crippen LogP contribution in [0.1, 0.15) is 62.3 Å². The normalized spacial score (nSPS) is 18.0. The zero-order valence-electron chi connectivity index (χ0n) is 18.2. The summed E-state index contributed by atoms with van der Waals surface area (Å²) in [5.74, 6) is -1.64. The standard InChI is InChI=1S/C24H24F3N3O4/c25-24(26,27)18-5-3-4-17(12-18)22(33)28-13-21(32)29-19-6-1-2-7-20(19)30-23(34)16-10-8-15(14-31)9-11-16/h3-5,8-12,14,19-20H,1-2,6-7,13H2,(H,28,33)(H,29,32)(H,30,34)/t19-,20+/m0/s1. The maximum atomic E-state index is 12.8. The van der Waals surface area contributed by atoms with E-state index in [1.807, 2.05) is 0 Å². The number of hydrogen-bond acceptors (Lipinski definition) is 4. The van der Waals surface area contributed by atoms with Crippen LogP contribution in [0.2, 0.25) is 0 Å². The lowest BCUT2D eigenvalue weighted by Crippen LogP contribution is -2.54. The van der Waals surface area contributed by atoms with Crippen molar-refractivity contribution in [3.63, 3.8) is 0 Å². The summed E-state index contributed by atoms with van der Waals surface area (Å²) < 4.78 is 38.5. The van der Waals surface area contributed by atoms with Gasteiger partial charge in [-0.1, -0.05) is 31.0 Å². The lowest BCUT2D eigenvalue weighted by Gasteiger charge is -2.33. The molecule has 0 unspecified atom stereocenters. The molecule has 34 heavy (non-hydrogen) atoms. The van der Waals surface area contributed by atoms with Crippen LogP contribution in [0.25, 0.3) is 0 Å². The number of nitrogens with one attached hydrogen (secondary N) is 3. The first-order valence-corrected chi connectivity index (χ1v) is 10.8. The number of hydrogen-bond donors (Lipinski definition) is 3. The largest absolute Gasteiger partial charge is 0.416 e. The molecule has 0 bridgehead atoms. The molecule has 10 heteroatoms. The van der Waals surface area contributed by atoms with E-state index < -0.39 is 30.1 Å². The van der Waals surface area contributed by atoms with Crippen LogP contribution in [-0.4, -0.2) is 42.6 Å². The number of carbonyl (C=O) groups excluding carboxylic acids is 4. The summed E-state index contributed by atoms with van der Waals surface area (Å²) in [7, 11) is 0. The highest BCUT2D eigenvalue weighted by atomic mass is 19.4. The number of benzene rings is 2. The molecule has 1 saturated carbocycles. The van der Waals surface area contributed by atoms with Crippen molar-refractivity contribution in [1.82, 2.24) is 16.0 Å². The molecule has 2 atom stereocenters. The third kappa shape index (κ3) is 6.66. The lowest BCUT2D eigenvalue weighted by molar-refractivity contribution is -0.137. The van der Waals surface area contributed by atoms with E-state index in [4.69, 9.17) is 0 Å². The number of carbonyl (C=O) groups is 4. The molecule has 7 nitrogen and oxygen atoms in total. The topological polar surface area (TPSA) is 104 Å². The van der Waals surface area contributed by atoms with Gasteiger partial charge in [-0.25, -0.2) is 0 Å². The zero-order chi connectivity index (χ0) is 24.7. The van der Waals surface area contributed by atoms with E-state index in [0.717, 1.165) is 31.0 Å². The fourth-order valence-electron chi connectivity index (χ4n) is 3.80. The summed E-state index contributed by atoms with van der Waals surface area (Å²) in [6, 6.07) is 9.41. The van der Waals surface area contributed by atoms with E-state index in [1.165, 1.54) is 18.2 Å². The minimum Gasteiger partial charge on any atom is -0.350 e. The molecule has 180 valence electrons. The Morgan fingerprint density at radius 1 is 0.882 bits per heavy atom. The van der Waals surface area contributed by atoms with Crippen molar-refractivity contribution in [3.8, 4) is 0 Å². The average Bonchev–Trinajstić information content (AvgIpc) is 2.83. The van der Waals surface area contributed by atoms with Crippen LogP contribution < -0.4 is 16.0 Å². The molecule has 0 heterocycles. The van der Waals surface area contributed by atoms with Crippen LogP contribution in [0.4, 0.5) is 13.2 Å². The Hall–Kier alpha value is -3.69. The van der Waals surface area contributed by atoms with Crippen LogP contribution in [0, 0.1) is 0 Å². The Balaban J connectivity index is 1.54. The van der Waals surface area contributed by atoms with Crippen molar-refractivity contribution >= 4 is 24.0 Å². The van der Waals surface area contributed by atoms with Gasteiger partial charge in [0, 0.05) is 28.8 Å². The first kappa shape index (κ1) is 24.9. The highest BCUT2D eigenvalue weighted by molar-refractivity contribution is 5.97. The fourth-order valence-corrected chi connectivity index (χ4v) is 3.80. The Morgan fingerprint density at radius 2 is 1.53 bits per heavy atom. The van der Waals surface area contributed by atoms with Crippen LogP contribution in [0.5, 0.6) is 0 Å². The van der Waals surface area contributed by atoms with Crippen molar-refractivity contribution in [3.05, 3.63) is 70.8 Å². The van der Waals surface area contributed by atoms with Gasteiger partial charge in [0.15, 0.2) is 0 Å². The highest BCUT2D eigenvalue weighted by Gasteiger charge is 2.31. The van der Waals surface area contributed by atoms with E-state index in [2.05, 4.69) is 16.0 Å². The van der Waals surface area contributed by atoms with Gasteiger partial charge in [0.1, 0.15) is 6.29 Å². The minimum absolute atomic E-state index is 0.203. The third-order valence-corrected chi connectivity index (χ3v) is 5.60. The van der Waals surface area contributed by atoms with Crippen molar-refractivity contribution in [2.75, 3.05) is 6.54 Å². The number of amides is 3. The second-order valence-corrected chi connectivity index (χ2v) is 8.04. The summed E-state index contributed by atoms with van der Waals surface area (Å²) in [4.78, 5) is 47.9. The van der Waals surface area contributed by atoms with Crippen LogP contribution in [0.3, 0.4) is 0 Å². The number of rotatable bonds is 7. The smallest absolute Gasteiger partial charge is 0.350 e. The quantitative estimate of drug-likeness (QED) is 0.536. The number of alkyl halides is 3. The SMILES string of the molecule is O=Cc1ccc(C(=O)N[C@@H]2CCCC[C@@H]2NC(=O)CNC(=O)c2cccc(C(F)(F)F)c2)cc1. The Labute approximate surface area is 194 Å². The van der Waals surface area contributed by atoms with Gasteiger partial charge >= 0.3 is 6.18 Å². The van der Waals surface area contributed by atoms with Crippen molar-refractivity contribution < 1.29 is 32.3 Å². The number of aldehydes is 1. The van der Waals surface area contributed by atoms with E-state index in [9.17, 15) is 32.3 Å². The van der Waals surface area contributed by atoms with Gasteiger partial charge in [-0.15, -0.1) is 0 Å². The first-order valence-electron chi connectivity index (χ1n) is 10.8. The summed E-state index contributed by atoms with van der Waals surface area (Å²) in [5.41, 5.74) is -0.321. The van der Waals surface area contributed by atoms with Gasteiger partial charge < -0.3 is 16.0 Å². The van der Waals surface area contributed by atoms with Crippen molar-refractivity contribution in [2.24, 2.45) is 0 Å². The maximum absolute atomic E-state index is 12.8. The molecule has 3 rings (SSSR count). The van der Waals surface area contributed by atoms with Gasteiger partial charge in [-0.3, -0.25) is 19.2 Å². The van der Waals surface area contributed by atoms with Crippen LogP contribution >= 0.6 is 0 Å². The molecule has 0 radical (unpaired) electrons. The van der Waals surface area contributed by atoms with E-state index in [0.29, 0.717) is 30.3 Å². The summed E-state index contributed by atoms with van der Waals surface area (Å²) >= 11 is 0. The first-order chi connectivity index (χ1) is 16.2. The predicted octanol–water partition coefficient (Wildman–Crippen LogP) is 3.11. The Morgan fingerprint density at radius 3 is 2.15 bits per heavy atom. The summed E-state index contributed by atoms with van der Waals surface area (Å²) in [5, 5.41) is 8.02. The Bertz CT molecular complexity index is 1050. The van der Waals surface area contributed by atoms with Gasteiger partial charge in [-0.2, -0.15) is 13.2 Å². The second-order valence-electron chi connectivity index (χ2n) is 8.04. The van der Waals surface area contributed by atoms with E-state index in [-0.39, 0.29) is 23.6 Å². The zero-order valence-corrected chi connectivity index (χ0v) is 18.2. The van der Waals surface area contributed by atoms with Crippen LogP contribution in [0.15, 0.2) is 48.5 Å². The molecule has 0 saturated heterocycles. The lowest BCUT2D eigenvalue weighted by atomic mass is 9.90. The second kappa shape index (κ2) is 11.0. The third-order valence-electron chi connectivity index (χ3n) is 5.60. The molecule has 0 spiro atoms. The van der Waals surface area contributed by atoms with Crippen LogP contribution in [-0.2, 0) is 11.0 Å². The average molecular weight is 475 g/mol. The highest BCUT2D eigenvalue weighted by Crippen LogP contribution is 2.29. The van der Waals surface area contributed by atoms with Gasteiger partial charge in [0.2, 0.25) is 5.91 Å². The monoisotopic (exact) mass is 475 g/mol. The molecule has 0 aromatic heterocycles. The summed E-state index contributed by atoms with van der Waals surface area (Å²) in [6.07, 6.45) is -0.900. The number of halogens is 3. The maximum Gasteiger partial charge on any atom is 0.416 e. The van der Waals surface area contributed by atoms with Crippen molar-refractivity contribution in [1.29, 1.82) is 0 Å². The molecule has 1 aliphatic rings. The van der Waals surface area contributed by atoms with Crippen molar-refractivity contribution in [2.45, 2.75) is 43.9 Å². The Kier molecular flexibility index (Phi) is 8.04. The molecule has 0 aliphatic heterocycles. The van der Waals surface area contributed by atoms with Gasteiger partial charge in [0.05, 0.1) is 12.1 Å². The molecule has 2 aromatic rings. The molecule has 1 aliphatic carbocycles. The van der Waals surface area contributed by atoms with E-state index >= 15 is 0 Å². The summed E-state index contributed by atoms with van der Waals surface area (Å²) in [6.45, 7) is -0.417. The fraction of sp³-hybridized carbons (Fsp3) is 0.333.